The third kappa shape index (κ3) is 3.49. The Morgan fingerprint density at radius 1 is 1.24 bits per heavy atom. The fraction of sp³-hybridized carbons (Fsp3) is 0.722. The molecule has 3 N–H and O–H groups in total. The summed E-state index contributed by atoms with van der Waals surface area (Å²) in [4.78, 5) is 14.5. The molecule has 2 aromatic heterocycles. The third-order valence-corrected chi connectivity index (χ3v) is 6.56. The number of nitrogens with two attached hydrogens (primary N) is 1. The van der Waals surface area contributed by atoms with E-state index in [0.717, 1.165) is 67.2 Å². The van der Waals surface area contributed by atoms with Gasteiger partial charge in [-0.1, -0.05) is 6.92 Å². The second kappa shape index (κ2) is 7.50. The summed E-state index contributed by atoms with van der Waals surface area (Å²) in [6, 6.07) is 0.857. The molecule has 2 fully saturated rings. The average molecular weight is 361 g/mol. The predicted octanol–water partition coefficient (Wildman–Crippen LogP) is 3.31. The van der Waals surface area contributed by atoms with Crippen molar-refractivity contribution in [2.75, 3.05) is 23.4 Å². The van der Waals surface area contributed by atoms with Gasteiger partial charge in [-0.2, -0.15) is 11.8 Å². The van der Waals surface area contributed by atoms with Crippen LogP contribution in [0.4, 0.5) is 5.82 Å². The highest BCUT2D eigenvalue weighted by atomic mass is 32.2. The van der Waals surface area contributed by atoms with E-state index in [0.29, 0.717) is 18.0 Å². The fourth-order valence-corrected chi connectivity index (χ4v) is 5.07. The maximum atomic E-state index is 6.08. The van der Waals surface area contributed by atoms with E-state index in [1.807, 2.05) is 18.1 Å². The van der Waals surface area contributed by atoms with Gasteiger partial charge in [0, 0.05) is 30.3 Å². The van der Waals surface area contributed by atoms with Crippen LogP contribution in [-0.4, -0.2) is 43.6 Å². The molecule has 6 nitrogen and oxygen atoms in total. The molecule has 1 aliphatic heterocycles. The van der Waals surface area contributed by atoms with Crippen LogP contribution in [0.2, 0.25) is 0 Å². The lowest BCUT2D eigenvalue weighted by Gasteiger charge is -2.25. The van der Waals surface area contributed by atoms with Gasteiger partial charge in [-0.05, 0) is 44.3 Å². The molecule has 25 heavy (non-hydrogen) atoms. The fourth-order valence-electron chi connectivity index (χ4n) is 3.87. The molecule has 4 rings (SSSR count). The number of thioether (sulfide) groups is 1. The number of rotatable bonds is 5. The number of aromatic nitrogens is 4. The normalized spacial score (nSPS) is 27.0. The van der Waals surface area contributed by atoms with Crippen LogP contribution in [0.3, 0.4) is 0 Å². The Bertz CT molecular complexity index is 716. The van der Waals surface area contributed by atoms with Crippen molar-refractivity contribution in [3.8, 4) is 0 Å². The number of hydrogen-bond donors (Lipinski definition) is 2. The van der Waals surface area contributed by atoms with E-state index in [2.05, 4.69) is 21.8 Å². The third-order valence-electron chi connectivity index (χ3n) is 5.42. The van der Waals surface area contributed by atoms with Crippen molar-refractivity contribution in [1.82, 2.24) is 19.5 Å². The molecule has 1 saturated carbocycles. The van der Waals surface area contributed by atoms with Crippen LogP contribution in [0.15, 0.2) is 6.33 Å². The summed E-state index contributed by atoms with van der Waals surface area (Å²) in [5.74, 6) is 4.68. The second-order valence-electron chi connectivity index (χ2n) is 7.31. The van der Waals surface area contributed by atoms with E-state index in [4.69, 9.17) is 15.7 Å². The van der Waals surface area contributed by atoms with Crippen molar-refractivity contribution < 1.29 is 0 Å². The quantitative estimate of drug-likeness (QED) is 0.851. The molecule has 2 aromatic rings. The molecule has 0 aromatic carbocycles. The molecule has 0 radical (unpaired) electrons. The molecule has 136 valence electrons. The van der Waals surface area contributed by atoms with Crippen LogP contribution >= 0.6 is 11.8 Å². The molecule has 1 unspecified atom stereocenters. The van der Waals surface area contributed by atoms with Gasteiger partial charge in [0.2, 0.25) is 0 Å². The van der Waals surface area contributed by atoms with Crippen LogP contribution in [0, 0.1) is 0 Å². The van der Waals surface area contributed by atoms with E-state index in [9.17, 15) is 0 Å². The summed E-state index contributed by atoms with van der Waals surface area (Å²) in [6.07, 6.45) is 8.56. The molecular weight excluding hydrogens is 332 g/mol. The lowest BCUT2D eigenvalue weighted by molar-refractivity contribution is 0.385. The first-order chi connectivity index (χ1) is 12.3. The maximum absolute atomic E-state index is 6.08. The van der Waals surface area contributed by atoms with Crippen LogP contribution < -0.4 is 11.1 Å². The monoisotopic (exact) mass is 360 g/mol. The van der Waals surface area contributed by atoms with Gasteiger partial charge in [0.1, 0.15) is 11.3 Å². The smallest absolute Gasteiger partial charge is 0.166 e. The predicted molar refractivity (Wildman–Crippen MR) is 104 cm³/mol. The van der Waals surface area contributed by atoms with Gasteiger partial charge in [0.25, 0.3) is 0 Å². The summed E-state index contributed by atoms with van der Waals surface area (Å²) in [6.45, 7) is 3.08. The summed E-state index contributed by atoms with van der Waals surface area (Å²) in [5, 5.41) is 3.47. The zero-order chi connectivity index (χ0) is 17.2. The minimum absolute atomic E-state index is 0.346. The summed E-state index contributed by atoms with van der Waals surface area (Å²) >= 11 is 2.02. The molecule has 0 amide bonds. The van der Waals surface area contributed by atoms with E-state index < -0.39 is 0 Å². The molecule has 1 atom stereocenters. The summed E-state index contributed by atoms with van der Waals surface area (Å²) in [5.41, 5.74) is 8.01. The van der Waals surface area contributed by atoms with E-state index in [1.165, 1.54) is 12.2 Å². The minimum Gasteiger partial charge on any atom is -0.368 e. The molecule has 2 aliphatic rings. The second-order valence-corrected chi connectivity index (χ2v) is 8.46. The largest absolute Gasteiger partial charge is 0.368 e. The van der Waals surface area contributed by atoms with Gasteiger partial charge in [-0.15, -0.1) is 0 Å². The van der Waals surface area contributed by atoms with Crippen LogP contribution in [0.1, 0.15) is 63.2 Å². The number of hydrogen-bond acceptors (Lipinski definition) is 6. The van der Waals surface area contributed by atoms with Crippen molar-refractivity contribution in [3.63, 3.8) is 0 Å². The van der Waals surface area contributed by atoms with Gasteiger partial charge in [0.15, 0.2) is 11.5 Å². The van der Waals surface area contributed by atoms with Crippen LogP contribution in [-0.2, 0) is 0 Å². The van der Waals surface area contributed by atoms with E-state index in [1.54, 1.807) is 0 Å². The Morgan fingerprint density at radius 2 is 2.08 bits per heavy atom. The SMILES string of the molecule is CCCNc1nc(C2CCC(N)CC2)nc2c1ncn2C1CCSC1. The van der Waals surface area contributed by atoms with Crippen molar-refractivity contribution in [2.45, 2.75) is 63.5 Å². The number of fused-ring (bicyclic) bond motifs is 1. The van der Waals surface area contributed by atoms with Crippen molar-refractivity contribution >= 4 is 28.7 Å². The van der Waals surface area contributed by atoms with Gasteiger partial charge in [0.05, 0.1) is 6.33 Å². The van der Waals surface area contributed by atoms with Crippen molar-refractivity contribution in [3.05, 3.63) is 12.2 Å². The highest BCUT2D eigenvalue weighted by Gasteiger charge is 2.26. The number of imidazole rings is 1. The number of anilines is 1. The zero-order valence-corrected chi connectivity index (χ0v) is 15.8. The first-order valence-corrected chi connectivity index (χ1v) is 10.7. The number of nitrogens with zero attached hydrogens (tertiary/aromatic N) is 4. The Labute approximate surface area is 153 Å². The number of nitrogens with one attached hydrogen (secondary N) is 1. The van der Waals surface area contributed by atoms with Crippen molar-refractivity contribution in [1.29, 1.82) is 0 Å². The van der Waals surface area contributed by atoms with Gasteiger partial charge in [-0.25, -0.2) is 15.0 Å². The van der Waals surface area contributed by atoms with E-state index in [-0.39, 0.29) is 0 Å². The van der Waals surface area contributed by atoms with Gasteiger partial charge in [-0.3, -0.25) is 0 Å². The van der Waals surface area contributed by atoms with Gasteiger partial charge < -0.3 is 15.6 Å². The lowest BCUT2D eigenvalue weighted by atomic mass is 9.86. The van der Waals surface area contributed by atoms with Gasteiger partial charge >= 0.3 is 0 Å². The molecule has 1 aliphatic carbocycles. The Morgan fingerprint density at radius 3 is 2.80 bits per heavy atom. The molecular formula is C18H28N6S. The molecule has 1 saturated heterocycles. The standard InChI is InChI=1S/C18H28N6S/c1-2-8-20-17-15-18(24(11-21-15)14-7-9-25-10-14)23-16(22-17)12-3-5-13(19)6-4-12/h11-14H,2-10,19H2,1H3,(H,20,22,23). The highest BCUT2D eigenvalue weighted by molar-refractivity contribution is 7.99. The van der Waals surface area contributed by atoms with E-state index >= 15 is 0 Å². The summed E-state index contributed by atoms with van der Waals surface area (Å²) < 4.78 is 2.28. The topological polar surface area (TPSA) is 81.7 Å². The van der Waals surface area contributed by atoms with Crippen molar-refractivity contribution in [2.24, 2.45) is 5.73 Å². The Hall–Kier alpha value is -1.34. The minimum atomic E-state index is 0.346. The Balaban J connectivity index is 1.73. The lowest BCUT2D eigenvalue weighted by Crippen LogP contribution is -2.26. The van der Waals surface area contributed by atoms with Crippen LogP contribution in [0.5, 0.6) is 0 Å². The molecule has 3 heterocycles. The average Bonchev–Trinajstić information content (AvgIpc) is 3.29. The molecule has 0 bridgehead atoms. The first-order valence-electron chi connectivity index (χ1n) is 9.58. The zero-order valence-electron chi connectivity index (χ0n) is 14.9. The highest BCUT2D eigenvalue weighted by Crippen LogP contribution is 2.34. The maximum Gasteiger partial charge on any atom is 0.166 e. The Kier molecular flexibility index (Phi) is 5.12. The first kappa shape index (κ1) is 17.1. The summed E-state index contributed by atoms with van der Waals surface area (Å²) in [7, 11) is 0. The molecule has 7 heteroatoms. The molecule has 0 spiro atoms. The van der Waals surface area contributed by atoms with Crippen LogP contribution in [0.25, 0.3) is 11.2 Å².